The van der Waals surface area contributed by atoms with Gasteiger partial charge in [-0.25, -0.2) is 0 Å². The first-order valence-corrected chi connectivity index (χ1v) is 7.24. The number of aromatic amines is 1. The first kappa shape index (κ1) is 15.4. The molecule has 0 atom stereocenters. The summed E-state index contributed by atoms with van der Waals surface area (Å²) in [7, 11) is 1.67. The van der Waals surface area contributed by atoms with Crippen molar-refractivity contribution in [2.24, 2.45) is 0 Å². The number of H-pyrrole nitrogens is 1. The third-order valence-corrected chi connectivity index (χ3v) is 3.27. The zero-order valence-corrected chi connectivity index (χ0v) is 12.9. The van der Waals surface area contributed by atoms with E-state index in [1.54, 1.807) is 7.11 Å². The topological polar surface area (TPSA) is 59.2 Å². The highest BCUT2D eigenvalue weighted by atomic mass is 16.5. The second kappa shape index (κ2) is 7.69. The molecule has 1 aromatic heterocycles. The highest BCUT2D eigenvalue weighted by Gasteiger charge is 2.06. The molecule has 0 aliphatic rings. The fourth-order valence-electron chi connectivity index (χ4n) is 2.05. The highest BCUT2D eigenvalue weighted by molar-refractivity contribution is 5.43. The van der Waals surface area contributed by atoms with Gasteiger partial charge in [-0.1, -0.05) is 13.0 Å². The molecule has 5 nitrogen and oxygen atoms in total. The molecule has 1 heterocycles. The number of hydrogen-bond acceptors (Lipinski definition) is 4. The first-order chi connectivity index (χ1) is 10.2. The summed E-state index contributed by atoms with van der Waals surface area (Å²) in [5, 5.41) is 10.4. The molecule has 5 heteroatoms. The van der Waals surface area contributed by atoms with Gasteiger partial charge >= 0.3 is 0 Å². The molecular formula is C16H23N3O2. The van der Waals surface area contributed by atoms with Crippen molar-refractivity contribution >= 4 is 0 Å². The lowest BCUT2D eigenvalue weighted by molar-refractivity contribution is 0.294. The number of aryl methyl sites for hydroxylation is 1. The lowest BCUT2D eigenvalue weighted by Gasteiger charge is -2.12. The van der Waals surface area contributed by atoms with Crippen LogP contribution in [0.15, 0.2) is 24.4 Å². The lowest BCUT2D eigenvalue weighted by atomic mass is 10.2. The highest BCUT2D eigenvalue weighted by Crippen LogP contribution is 2.28. The Morgan fingerprint density at radius 1 is 1.24 bits per heavy atom. The minimum Gasteiger partial charge on any atom is -0.493 e. The van der Waals surface area contributed by atoms with Crippen LogP contribution >= 0.6 is 0 Å². The molecule has 0 saturated heterocycles. The van der Waals surface area contributed by atoms with Crippen LogP contribution in [-0.2, 0) is 13.1 Å². The van der Waals surface area contributed by atoms with Gasteiger partial charge in [0.1, 0.15) is 0 Å². The van der Waals surface area contributed by atoms with Crippen LogP contribution in [0.1, 0.15) is 30.2 Å². The number of methoxy groups -OCH3 is 1. The van der Waals surface area contributed by atoms with Crippen LogP contribution in [0.25, 0.3) is 0 Å². The Morgan fingerprint density at radius 2 is 2.10 bits per heavy atom. The number of rotatable bonds is 8. The Kier molecular flexibility index (Phi) is 5.63. The summed E-state index contributed by atoms with van der Waals surface area (Å²) in [4.78, 5) is 0. The van der Waals surface area contributed by atoms with Crippen molar-refractivity contribution in [2.75, 3.05) is 13.7 Å². The van der Waals surface area contributed by atoms with E-state index < -0.39 is 0 Å². The van der Waals surface area contributed by atoms with Crippen molar-refractivity contribution in [2.45, 2.75) is 33.4 Å². The zero-order valence-electron chi connectivity index (χ0n) is 12.9. The van der Waals surface area contributed by atoms with Gasteiger partial charge in [-0.2, -0.15) is 5.10 Å². The molecule has 0 aliphatic carbocycles. The smallest absolute Gasteiger partial charge is 0.161 e. The van der Waals surface area contributed by atoms with E-state index in [1.165, 1.54) is 5.56 Å². The largest absolute Gasteiger partial charge is 0.493 e. The van der Waals surface area contributed by atoms with Crippen LogP contribution in [0, 0.1) is 6.92 Å². The lowest BCUT2D eigenvalue weighted by Crippen LogP contribution is -2.13. The standard InChI is InChI=1S/C16H23N3O2/c1-4-7-21-15-6-5-13(8-16(15)20-3)9-17-10-14-11-18-19-12(14)2/h5-6,8,11,17H,4,7,9-10H2,1-3H3,(H,18,19). The fourth-order valence-corrected chi connectivity index (χ4v) is 2.05. The van der Waals surface area contributed by atoms with Crippen molar-refractivity contribution in [3.05, 3.63) is 41.2 Å². The SMILES string of the molecule is CCCOc1ccc(CNCc2cn[nH]c2C)cc1OC. The van der Waals surface area contributed by atoms with Crippen LogP contribution in [0.2, 0.25) is 0 Å². The third kappa shape index (κ3) is 4.23. The van der Waals surface area contributed by atoms with Gasteiger partial charge in [0.2, 0.25) is 0 Å². The Labute approximate surface area is 125 Å². The van der Waals surface area contributed by atoms with Crippen LogP contribution in [0.3, 0.4) is 0 Å². The monoisotopic (exact) mass is 289 g/mol. The normalized spacial score (nSPS) is 10.6. The van der Waals surface area contributed by atoms with Gasteiger partial charge in [-0.3, -0.25) is 5.10 Å². The number of ether oxygens (including phenoxy) is 2. The Morgan fingerprint density at radius 3 is 2.76 bits per heavy atom. The molecular weight excluding hydrogens is 266 g/mol. The van der Waals surface area contributed by atoms with Crippen LogP contribution in [0.5, 0.6) is 11.5 Å². The van der Waals surface area contributed by atoms with Crippen molar-refractivity contribution in [3.63, 3.8) is 0 Å². The van der Waals surface area contributed by atoms with E-state index in [1.807, 2.05) is 25.3 Å². The average molecular weight is 289 g/mol. The van der Waals surface area contributed by atoms with Gasteiger partial charge in [0.15, 0.2) is 11.5 Å². The van der Waals surface area contributed by atoms with Gasteiger partial charge in [-0.05, 0) is 31.0 Å². The summed E-state index contributed by atoms with van der Waals surface area (Å²) < 4.78 is 11.0. The van der Waals surface area contributed by atoms with Crippen molar-refractivity contribution < 1.29 is 9.47 Å². The summed E-state index contributed by atoms with van der Waals surface area (Å²) in [5.41, 5.74) is 3.45. The molecule has 0 unspecified atom stereocenters. The van der Waals surface area contributed by atoms with E-state index in [0.717, 1.165) is 42.3 Å². The van der Waals surface area contributed by atoms with Crippen LogP contribution < -0.4 is 14.8 Å². The maximum absolute atomic E-state index is 5.65. The number of aromatic nitrogens is 2. The van der Waals surface area contributed by atoms with E-state index in [-0.39, 0.29) is 0 Å². The van der Waals surface area contributed by atoms with E-state index in [4.69, 9.17) is 9.47 Å². The predicted molar refractivity (Wildman–Crippen MR) is 82.6 cm³/mol. The van der Waals surface area contributed by atoms with Gasteiger partial charge in [-0.15, -0.1) is 0 Å². The van der Waals surface area contributed by atoms with Gasteiger partial charge in [0.25, 0.3) is 0 Å². The molecule has 0 spiro atoms. The van der Waals surface area contributed by atoms with Crippen molar-refractivity contribution in [1.82, 2.24) is 15.5 Å². The molecule has 2 rings (SSSR count). The number of nitrogens with zero attached hydrogens (tertiary/aromatic N) is 1. The van der Waals surface area contributed by atoms with Crippen molar-refractivity contribution in [3.8, 4) is 11.5 Å². The van der Waals surface area contributed by atoms with E-state index in [9.17, 15) is 0 Å². The summed E-state index contributed by atoms with van der Waals surface area (Å²) in [5.74, 6) is 1.58. The summed E-state index contributed by atoms with van der Waals surface area (Å²) in [6.45, 7) is 6.37. The maximum atomic E-state index is 5.65. The number of nitrogens with one attached hydrogen (secondary N) is 2. The van der Waals surface area contributed by atoms with Gasteiger partial charge in [0.05, 0.1) is 19.9 Å². The average Bonchev–Trinajstić information content (AvgIpc) is 2.91. The molecule has 2 aromatic rings. The minimum atomic E-state index is 0.702. The maximum Gasteiger partial charge on any atom is 0.161 e. The molecule has 1 aromatic carbocycles. The Hall–Kier alpha value is -2.01. The molecule has 0 aliphatic heterocycles. The molecule has 114 valence electrons. The first-order valence-electron chi connectivity index (χ1n) is 7.24. The third-order valence-electron chi connectivity index (χ3n) is 3.27. The molecule has 0 bridgehead atoms. The molecule has 0 saturated carbocycles. The summed E-state index contributed by atoms with van der Waals surface area (Å²) in [6.07, 6.45) is 2.83. The second-order valence-electron chi connectivity index (χ2n) is 4.96. The second-order valence-corrected chi connectivity index (χ2v) is 4.96. The quantitative estimate of drug-likeness (QED) is 0.784. The summed E-state index contributed by atoms with van der Waals surface area (Å²) in [6, 6.07) is 6.04. The van der Waals surface area contributed by atoms with Crippen LogP contribution in [0.4, 0.5) is 0 Å². The van der Waals surface area contributed by atoms with E-state index in [2.05, 4.69) is 28.5 Å². The predicted octanol–water partition coefficient (Wildman–Crippen LogP) is 2.81. The Bertz CT molecular complexity index is 566. The molecule has 0 radical (unpaired) electrons. The summed E-state index contributed by atoms with van der Waals surface area (Å²) >= 11 is 0. The van der Waals surface area contributed by atoms with Gasteiger partial charge in [0, 0.05) is 24.3 Å². The fraction of sp³-hybridized carbons (Fsp3) is 0.438. The van der Waals surface area contributed by atoms with E-state index in [0.29, 0.717) is 6.61 Å². The molecule has 0 amide bonds. The number of benzene rings is 1. The van der Waals surface area contributed by atoms with Crippen LogP contribution in [-0.4, -0.2) is 23.9 Å². The molecule has 2 N–H and O–H groups in total. The van der Waals surface area contributed by atoms with Crippen molar-refractivity contribution in [1.29, 1.82) is 0 Å². The molecule has 21 heavy (non-hydrogen) atoms. The van der Waals surface area contributed by atoms with E-state index >= 15 is 0 Å². The minimum absolute atomic E-state index is 0.702. The number of hydrogen-bond donors (Lipinski definition) is 2. The van der Waals surface area contributed by atoms with Gasteiger partial charge < -0.3 is 14.8 Å². The Balaban J connectivity index is 1.92. The molecule has 0 fully saturated rings. The zero-order chi connectivity index (χ0) is 15.1.